The predicted molar refractivity (Wildman–Crippen MR) is 99.3 cm³/mol. The molecule has 0 radical (unpaired) electrons. The van der Waals surface area contributed by atoms with Crippen molar-refractivity contribution in [3.63, 3.8) is 0 Å². The number of hydrogen-bond acceptors (Lipinski definition) is 6. The summed E-state index contributed by atoms with van der Waals surface area (Å²) in [5, 5.41) is 8.55. The lowest BCUT2D eigenvalue weighted by atomic mass is 10.2. The van der Waals surface area contributed by atoms with Crippen LogP contribution in [0.2, 0.25) is 0 Å². The summed E-state index contributed by atoms with van der Waals surface area (Å²) in [5.41, 5.74) is 0.136. The van der Waals surface area contributed by atoms with Crippen molar-refractivity contribution in [3.05, 3.63) is 29.8 Å². The summed E-state index contributed by atoms with van der Waals surface area (Å²) in [6.07, 6.45) is -0.182. The molecule has 9 heteroatoms. The van der Waals surface area contributed by atoms with Gasteiger partial charge >= 0.3 is 5.97 Å². The molecule has 1 rings (SSSR count). The Bertz CT molecular complexity index is 799. The summed E-state index contributed by atoms with van der Waals surface area (Å²) in [6, 6.07) is 7.03. The highest BCUT2D eigenvalue weighted by Gasteiger charge is 2.23. The molecular weight excluding hydrogens is 370 g/mol. The molecule has 0 aliphatic heterocycles. The third kappa shape index (κ3) is 6.66. The Hall–Kier alpha value is -2.44. The fourth-order valence-corrected chi connectivity index (χ4v) is 3.43. The lowest BCUT2D eigenvalue weighted by molar-refractivity contribution is -0.138. The van der Waals surface area contributed by atoms with Crippen LogP contribution in [0.5, 0.6) is 0 Å². The number of benzene rings is 1. The highest BCUT2D eigenvalue weighted by Crippen LogP contribution is 2.13. The number of ether oxygens (including phenoxy) is 1. The topological polar surface area (TPSA) is 117 Å². The molecule has 0 aliphatic rings. The van der Waals surface area contributed by atoms with Gasteiger partial charge in [-0.25, -0.2) is 17.9 Å². The van der Waals surface area contributed by atoms with E-state index in [1.165, 1.54) is 43.1 Å². The molecule has 1 aromatic rings. The molecule has 148 valence electrons. The van der Waals surface area contributed by atoms with Crippen LogP contribution < -0.4 is 4.72 Å². The van der Waals surface area contributed by atoms with Crippen LogP contribution in [0.4, 0.5) is 0 Å². The number of carbonyl (C=O) groups excluding carboxylic acids is 2. The molecule has 0 aromatic heterocycles. The maximum absolute atomic E-state index is 12.2. The van der Waals surface area contributed by atoms with Gasteiger partial charge in [-0.1, -0.05) is 6.92 Å². The van der Waals surface area contributed by atoms with E-state index in [4.69, 9.17) is 10.00 Å². The Balaban J connectivity index is 2.77. The fourth-order valence-electron chi connectivity index (χ4n) is 2.10. The van der Waals surface area contributed by atoms with Crippen molar-refractivity contribution in [1.29, 1.82) is 5.26 Å². The van der Waals surface area contributed by atoms with Crippen LogP contribution in [-0.4, -0.2) is 50.9 Å². The second-order valence-corrected chi connectivity index (χ2v) is 7.88. The average molecular weight is 395 g/mol. The molecule has 27 heavy (non-hydrogen) atoms. The fraction of sp³-hybridized carbons (Fsp3) is 0.500. The molecule has 1 aromatic carbocycles. The van der Waals surface area contributed by atoms with E-state index in [0.717, 1.165) is 0 Å². The summed E-state index contributed by atoms with van der Waals surface area (Å²) < 4.78 is 32.1. The minimum absolute atomic E-state index is 0.0414. The van der Waals surface area contributed by atoms with Gasteiger partial charge < -0.3 is 9.64 Å². The van der Waals surface area contributed by atoms with E-state index < -0.39 is 28.0 Å². The number of hydrogen-bond donors (Lipinski definition) is 1. The first-order valence-corrected chi connectivity index (χ1v) is 10.1. The van der Waals surface area contributed by atoms with Crippen molar-refractivity contribution < 1.29 is 22.7 Å². The van der Waals surface area contributed by atoms with Gasteiger partial charge in [0.05, 0.1) is 22.9 Å². The van der Waals surface area contributed by atoms with Crippen molar-refractivity contribution >= 4 is 21.9 Å². The van der Waals surface area contributed by atoms with E-state index >= 15 is 0 Å². The smallest absolute Gasteiger partial charge is 0.338 e. The first kappa shape index (κ1) is 22.6. The summed E-state index contributed by atoms with van der Waals surface area (Å²) in [6.45, 7) is 5.31. The van der Waals surface area contributed by atoms with Crippen molar-refractivity contribution in [3.8, 4) is 6.07 Å². The van der Waals surface area contributed by atoms with Gasteiger partial charge in [0.1, 0.15) is 0 Å². The Labute approximate surface area is 160 Å². The van der Waals surface area contributed by atoms with E-state index in [1.54, 1.807) is 6.92 Å². The molecule has 0 aliphatic carbocycles. The molecule has 1 N–H and O–H groups in total. The summed E-state index contributed by atoms with van der Waals surface area (Å²) in [4.78, 5) is 25.6. The molecule has 0 unspecified atom stereocenters. The van der Waals surface area contributed by atoms with E-state index in [0.29, 0.717) is 6.42 Å². The van der Waals surface area contributed by atoms with Crippen LogP contribution in [0.15, 0.2) is 29.2 Å². The normalized spacial score (nSPS) is 13.3. The molecule has 1 amide bonds. The predicted octanol–water partition coefficient (Wildman–Crippen LogP) is 1.68. The van der Waals surface area contributed by atoms with Gasteiger partial charge in [0, 0.05) is 19.6 Å². The molecule has 8 nitrogen and oxygen atoms in total. The number of carbonyl (C=O) groups is 2. The zero-order valence-electron chi connectivity index (χ0n) is 15.9. The first-order chi connectivity index (χ1) is 12.6. The molecular formula is C18H25N3O5S. The highest BCUT2D eigenvalue weighted by molar-refractivity contribution is 7.89. The SMILES string of the molecule is CC[C@@H](C)NS(=O)(=O)c1ccc(C(=O)O[C@H](C)C(=O)N(C)CCC#N)cc1. The molecule has 0 saturated heterocycles. The minimum Gasteiger partial charge on any atom is -0.449 e. The molecule has 0 saturated carbocycles. The Kier molecular flexibility index (Phi) is 8.40. The maximum atomic E-state index is 12.2. The number of nitrogens with zero attached hydrogens (tertiary/aromatic N) is 2. The van der Waals surface area contributed by atoms with E-state index in [9.17, 15) is 18.0 Å². The van der Waals surface area contributed by atoms with Crippen molar-refractivity contribution in [2.75, 3.05) is 13.6 Å². The zero-order valence-corrected chi connectivity index (χ0v) is 16.7. The van der Waals surface area contributed by atoms with E-state index in [1.807, 2.05) is 13.0 Å². The van der Waals surface area contributed by atoms with Gasteiger partial charge in [-0.15, -0.1) is 0 Å². The molecule has 0 fully saturated rings. The number of sulfonamides is 1. The number of nitrogens with one attached hydrogen (secondary N) is 1. The number of esters is 1. The highest BCUT2D eigenvalue weighted by atomic mass is 32.2. The van der Waals surface area contributed by atoms with E-state index in [-0.39, 0.29) is 29.5 Å². The monoisotopic (exact) mass is 395 g/mol. The molecule has 0 heterocycles. The number of likely N-dealkylation sites (N-methyl/N-ethyl adjacent to an activating group) is 1. The second-order valence-electron chi connectivity index (χ2n) is 6.17. The molecule has 2 atom stereocenters. The third-order valence-corrected chi connectivity index (χ3v) is 5.54. The van der Waals surface area contributed by atoms with Gasteiger partial charge in [0.2, 0.25) is 10.0 Å². The summed E-state index contributed by atoms with van der Waals surface area (Å²) in [7, 11) is -2.14. The zero-order chi connectivity index (χ0) is 20.6. The second kappa shape index (κ2) is 10.0. The maximum Gasteiger partial charge on any atom is 0.338 e. The third-order valence-electron chi connectivity index (χ3n) is 3.94. The number of rotatable bonds is 9. The van der Waals surface area contributed by atoms with E-state index in [2.05, 4.69) is 4.72 Å². The molecule has 0 spiro atoms. The summed E-state index contributed by atoms with van der Waals surface area (Å²) >= 11 is 0. The van der Waals surface area contributed by atoms with Crippen LogP contribution in [0.25, 0.3) is 0 Å². The Morgan fingerprint density at radius 3 is 2.37 bits per heavy atom. The first-order valence-electron chi connectivity index (χ1n) is 8.57. The lowest BCUT2D eigenvalue weighted by Gasteiger charge is -2.20. The summed E-state index contributed by atoms with van der Waals surface area (Å²) in [5.74, 6) is -1.15. The quantitative estimate of drug-likeness (QED) is 0.636. The number of amides is 1. The molecule has 0 bridgehead atoms. The average Bonchev–Trinajstić information content (AvgIpc) is 2.64. The van der Waals surface area contributed by atoms with Gasteiger partial charge in [-0.2, -0.15) is 5.26 Å². The van der Waals surface area contributed by atoms with Gasteiger partial charge in [0.25, 0.3) is 5.91 Å². The van der Waals surface area contributed by atoms with Crippen LogP contribution in [0, 0.1) is 11.3 Å². The van der Waals surface area contributed by atoms with Crippen molar-refractivity contribution in [2.45, 2.75) is 50.7 Å². The van der Waals surface area contributed by atoms with Crippen LogP contribution in [0.1, 0.15) is 44.0 Å². The van der Waals surface area contributed by atoms with Crippen LogP contribution in [0.3, 0.4) is 0 Å². The largest absolute Gasteiger partial charge is 0.449 e. The standard InChI is InChI=1S/C18H25N3O5S/c1-5-13(2)20-27(24,25)16-9-7-15(8-10-16)18(23)26-14(3)17(22)21(4)12-6-11-19/h7-10,13-14,20H,5-6,12H2,1-4H3/t13-,14-/m1/s1. The lowest BCUT2D eigenvalue weighted by Crippen LogP contribution is -2.37. The number of nitriles is 1. The van der Waals surface area contributed by atoms with Gasteiger partial charge in [0.15, 0.2) is 6.10 Å². The minimum atomic E-state index is -3.66. The van der Waals surface area contributed by atoms with Crippen LogP contribution >= 0.6 is 0 Å². The van der Waals surface area contributed by atoms with Crippen molar-refractivity contribution in [1.82, 2.24) is 9.62 Å². The van der Waals surface area contributed by atoms with Gasteiger partial charge in [-0.05, 0) is 44.5 Å². The van der Waals surface area contributed by atoms with Crippen LogP contribution in [-0.2, 0) is 19.6 Å². The Morgan fingerprint density at radius 1 is 1.26 bits per heavy atom. The van der Waals surface area contributed by atoms with Gasteiger partial charge in [-0.3, -0.25) is 4.79 Å². The Morgan fingerprint density at radius 2 is 1.85 bits per heavy atom. The van der Waals surface area contributed by atoms with Crippen molar-refractivity contribution in [2.24, 2.45) is 0 Å².